The second-order valence-corrected chi connectivity index (χ2v) is 6.96. The molecule has 1 aromatic carbocycles. The molecule has 2 rings (SSSR count). The van der Waals surface area contributed by atoms with Gasteiger partial charge in [-0.1, -0.05) is 36.9 Å². The van der Waals surface area contributed by atoms with Gasteiger partial charge < -0.3 is 5.32 Å². The molecule has 1 aliphatic heterocycles. The number of hydrogen-bond acceptors (Lipinski definition) is 4. The van der Waals surface area contributed by atoms with E-state index in [1.54, 1.807) is 12.1 Å². The Morgan fingerprint density at radius 2 is 2.21 bits per heavy atom. The van der Waals surface area contributed by atoms with Crippen molar-refractivity contribution in [2.45, 2.75) is 25.2 Å². The first kappa shape index (κ1) is 14.1. The fourth-order valence-electron chi connectivity index (χ4n) is 1.65. The van der Waals surface area contributed by atoms with Gasteiger partial charge in [-0.3, -0.25) is 0 Å². The third-order valence-corrected chi connectivity index (χ3v) is 5.17. The summed E-state index contributed by atoms with van der Waals surface area (Å²) in [5.41, 5.74) is 2.55. The van der Waals surface area contributed by atoms with Crippen LogP contribution in [0.25, 0.3) is 0 Å². The van der Waals surface area contributed by atoms with Crippen LogP contribution in [-0.4, -0.2) is 19.3 Å². The van der Waals surface area contributed by atoms with Crippen molar-refractivity contribution < 1.29 is 8.42 Å². The molecule has 0 fully saturated rings. The summed E-state index contributed by atoms with van der Waals surface area (Å²) in [7, 11) is -3.60. The summed E-state index contributed by atoms with van der Waals surface area (Å²) in [6.07, 6.45) is 0.795. The summed E-state index contributed by atoms with van der Waals surface area (Å²) in [4.78, 5) is 0.256. The molecule has 1 N–H and O–H groups in total. The van der Waals surface area contributed by atoms with E-state index in [-0.39, 0.29) is 4.90 Å². The van der Waals surface area contributed by atoms with Gasteiger partial charge in [0, 0.05) is 5.75 Å². The summed E-state index contributed by atoms with van der Waals surface area (Å²) >= 11 is 1.34. The highest BCUT2D eigenvalue weighted by atomic mass is 32.2. The van der Waals surface area contributed by atoms with Crippen molar-refractivity contribution in [1.29, 1.82) is 0 Å². The number of aryl methyl sites for hydroxylation is 1. The van der Waals surface area contributed by atoms with Crippen LogP contribution < -0.4 is 5.32 Å². The van der Waals surface area contributed by atoms with E-state index >= 15 is 0 Å². The van der Waals surface area contributed by atoms with Crippen LogP contribution in [0, 0.1) is 0 Å². The first-order chi connectivity index (χ1) is 8.92. The SMILES string of the molecule is C=C(C)CSC1=NS(=O)(=O)c2cc(CC)ccc2N1. The van der Waals surface area contributed by atoms with Gasteiger partial charge in [-0.05, 0) is 31.0 Å². The second kappa shape index (κ2) is 5.38. The normalized spacial score (nSPS) is 16.2. The van der Waals surface area contributed by atoms with Crippen molar-refractivity contribution in [2.24, 2.45) is 4.40 Å². The number of sulfonamides is 1. The molecule has 0 saturated carbocycles. The van der Waals surface area contributed by atoms with Gasteiger partial charge in [0.1, 0.15) is 4.90 Å². The molecule has 4 nitrogen and oxygen atoms in total. The zero-order valence-corrected chi connectivity index (χ0v) is 12.6. The Bertz CT molecular complexity index is 649. The van der Waals surface area contributed by atoms with Crippen molar-refractivity contribution in [1.82, 2.24) is 0 Å². The average Bonchev–Trinajstić information content (AvgIpc) is 2.35. The van der Waals surface area contributed by atoms with Crippen LogP contribution in [0.15, 0.2) is 39.6 Å². The van der Waals surface area contributed by atoms with Crippen LogP contribution in [0.5, 0.6) is 0 Å². The molecule has 0 unspecified atom stereocenters. The fourth-order valence-corrected chi connectivity index (χ4v) is 3.78. The van der Waals surface area contributed by atoms with E-state index < -0.39 is 10.0 Å². The molecule has 19 heavy (non-hydrogen) atoms. The van der Waals surface area contributed by atoms with E-state index in [0.29, 0.717) is 16.6 Å². The van der Waals surface area contributed by atoms with Crippen LogP contribution in [0.2, 0.25) is 0 Å². The Labute approximate surface area is 118 Å². The molecule has 0 saturated heterocycles. The van der Waals surface area contributed by atoms with Gasteiger partial charge >= 0.3 is 0 Å². The van der Waals surface area contributed by atoms with Gasteiger partial charge in [0.25, 0.3) is 10.0 Å². The quantitative estimate of drug-likeness (QED) is 0.871. The van der Waals surface area contributed by atoms with Crippen LogP contribution in [0.3, 0.4) is 0 Å². The maximum atomic E-state index is 12.1. The highest BCUT2D eigenvalue weighted by Gasteiger charge is 2.25. The van der Waals surface area contributed by atoms with Gasteiger partial charge in [-0.25, -0.2) is 0 Å². The molecule has 1 aromatic rings. The van der Waals surface area contributed by atoms with Crippen LogP contribution in [0.1, 0.15) is 19.4 Å². The van der Waals surface area contributed by atoms with Gasteiger partial charge in [0.2, 0.25) is 0 Å². The van der Waals surface area contributed by atoms with Gasteiger partial charge in [-0.15, -0.1) is 4.40 Å². The summed E-state index contributed by atoms with van der Waals surface area (Å²) in [6.45, 7) is 7.67. The lowest BCUT2D eigenvalue weighted by Gasteiger charge is -2.18. The van der Waals surface area contributed by atoms with Crippen molar-refractivity contribution >= 4 is 32.6 Å². The molecule has 0 aromatic heterocycles. The highest BCUT2D eigenvalue weighted by molar-refractivity contribution is 8.15. The highest BCUT2D eigenvalue weighted by Crippen LogP contribution is 2.30. The fraction of sp³-hybridized carbons (Fsp3) is 0.308. The molecule has 1 aliphatic rings. The number of nitrogens with zero attached hydrogens (tertiary/aromatic N) is 1. The molecule has 0 radical (unpaired) electrons. The third-order valence-electron chi connectivity index (χ3n) is 2.63. The first-order valence-corrected chi connectivity index (χ1v) is 8.37. The lowest BCUT2D eigenvalue weighted by Crippen LogP contribution is -2.19. The number of hydrogen-bond donors (Lipinski definition) is 1. The van der Waals surface area contributed by atoms with Crippen molar-refractivity contribution in [3.8, 4) is 0 Å². The zero-order chi connectivity index (χ0) is 14.0. The topological polar surface area (TPSA) is 58.5 Å². The summed E-state index contributed by atoms with van der Waals surface area (Å²) in [6, 6.07) is 5.40. The van der Waals surface area contributed by atoms with Crippen molar-refractivity contribution in [2.75, 3.05) is 11.1 Å². The molecule has 0 amide bonds. The Morgan fingerprint density at radius 1 is 1.47 bits per heavy atom. The third kappa shape index (κ3) is 3.19. The predicted molar refractivity (Wildman–Crippen MR) is 81.3 cm³/mol. The number of anilines is 1. The molecular formula is C13H16N2O2S2. The predicted octanol–water partition coefficient (Wildman–Crippen LogP) is 3.03. The number of benzene rings is 1. The van der Waals surface area contributed by atoms with Crippen molar-refractivity contribution in [3.63, 3.8) is 0 Å². The van der Waals surface area contributed by atoms with E-state index in [0.717, 1.165) is 17.6 Å². The minimum atomic E-state index is -3.60. The second-order valence-electron chi connectivity index (χ2n) is 4.43. The average molecular weight is 296 g/mol. The van der Waals surface area contributed by atoms with E-state index in [2.05, 4.69) is 16.3 Å². The summed E-state index contributed by atoms with van der Waals surface area (Å²) in [5.74, 6) is 0.643. The molecule has 6 heteroatoms. The number of amidine groups is 1. The largest absolute Gasteiger partial charge is 0.333 e. The molecule has 0 aliphatic carbocycles. The number of thioether (sulfide) groups is 1. The van der Waals surface area contributed by atoms with Gasteiger partial charge in [0.05, 0.1) is 5.69 Å². The zero-order valence-electron chi connectivity index (χ0n) is 10.9. The monoisotopic (exact) mass is 296 g/mol. The summed E-state index contributed by atoms with van der Waals surface area (Å²) in [5, 5.41) is 3.45. The first-order valence-electron chi connectivity index (χ1n) is 5.94. The number of fused-ring (bicyclic) bond motifs is 1. The van der Waals surface area contributed by atoms with Crippen LogP contribution in [0.4, 0.5) is 5.69 Å². The number of nitrogens with one attached hydrogen (secondary N) is 1. The van der Waals surface area contributed by atoms with Crippen LogP contribution >= 0.6 is 11.8 Å². The number of rotatable bonds is 3. The summed E-state index contributed by atoms with van der Waals surface area (Å²) < 4.78 is 28.1. The van der Waals surface area contributed by atoms with Gasteiger partial charge in [-0.2, -0.15) is 8.42 Å². The minimum Gasteiger partial charge on any atom is -0.333 e. The van der Waals surface area contributed by atoms with E-state index in [4.69, 9.17) is 0 Å². The molecule has 1 heterocycles. The smallest absolute Gasteiger partial charge is 0.286 e. The molecule has 0 bridgehead atoms. The van der Waals surface area contributed by atoms with E-state index in [1.165, 1.54) is 11.8 Å². The maximum Gasteiger partial charge on any atom is 0.286 e. The molecular weight excluding hydrogens is 280 g/mol. The Hall–Kier alpha value is -1.27. The molecule has 0 spiro atoms. The van der Waals surface area contributed by atoms with E-state index in [1.807, 2.05) is 19.9 Å². The maximum absolute atomic E-state index is 12.1. The van der Waals surface area contributed by atoms with Gasteiger partial charge in [0.15, 0.2) is 5.17 Å². The van der Waals surface area contributed by atoms with Crippen molar-refractivity contribution in [3.05, 3.63) is 35.9 Å². The van der Waals surface area contributed by atoms with Crippen LogP contribution in [-0.2, 0) is 16.4 Å². The molecule has 0 atom stereocenters. The lowest BCUT2D eigenvalue weighted by atomic mass is 10.1. The lowest BCUT2D eigenvalue weighted by molar-refractivity contribution is 0.598. The Balaban J connectivity index is 2.35. The Morgan fingerprint density at radius 3 is 2.84 bits per heavy atom. The minimum absolute atomic E-state index is 0.256. The standard InChI is InChI=1S/C13H16N2O2S2/c1-4-10-5-6-11-12(7-10)19(16,17)15-13(14-11)18-8-9(2)3/h5-7H,2,4,8H2,1,3H3,(H,14,15). The Kier molecular flexibility index (Phi) is 4.01. The molecule has 102 valence electrons. The van der Waals surface area contributed by atoms with E-state index in [9.17, 15) is 8.42 Å².